The van der Waals surface area contributed by atoms with Crippen molar-refractivity contribution in [2.24, 2.45) is 5.92 Å². The molecule has 2 amide bonds. The second-order valence-corrected chi connectivity index (χ2v) is 6.05. The topological polar surface area (TPSA) is 61.4 Å². The third-order valence-corrected chi connectivity index (χ3v) is 3.82. The molecule has 0 spiro atoms. The van der Waals surface area contributed by atoms with E-state index in [0.717, 1.165) is 5.56 Å². The van der Waals surface area contributed by atoms with Crippen LogP contribution in [0.5, 0.6) is 0 Å². The number of hydrogen-bond acceptors (Lipinski definition) is 2. The smallest absolute Gasteiger partial charge is 0.315 e. The number of carbonyl (C=O) groups excluding carboxylic acids is 1. The summed E-state index contributed by atoms with van der Waals surface area (Å²) in [5, 5.41) is 16.2. The number of halogens is 1. The van der Waals surface area contributed by atoms with Gasteiger partial charge in [0.15, 0.2) is 0 Å². The summed E-state index contributed by atoms with van der Waals surface area (Å²) in [5.41, 5.74) is 0.0566. The maximum absolute atomic E-state index is 11.8. The summed E-state index contributed by atoms with van der Waals surface area (Å²) in [6.07, 6.45) is 0. The second kappa shape index (κ2) is 6.95. The van der Waals surface area contributed by atoms with Crippen LogP contribution in [0.2, 0.25) is 5.02 Å². The van der Waals surface area contributed by atoms with Crippen LogP contribution in [0.25, 0.3) is 0 Å². The predicted molar refractivity (Wildman–Crippen MR) is 81.9 cm³/mol. The van der Waals surface area contributed by atoms with E-state index in [-0.39, 0.29) is 24.5 Å². The van der Waals surface area contributed by atoms with Gasteiger partial charge in [-0.25, -0.2) is 4.79 Å². The molecule has 0 fully saturated rings. The number of aliphatic hydroxyl groups is 1. The number of nitrogens with one attached hydrogen (secondary N) is 2. The number of hydrogen-bond donors (Lipinski definition) is 3. The Morgan fingerprint density at radius 1 is 1.30 bits per heavy atom. The molecule has 0 bridgehead atoms. The summed E-state index contributed by atoms with van der Waals surface area (Å²) in [6, 6.07) is 6.90. The fourth-order valence-corrected chi connectivity index (χ4v) is 1.67. The highest BCUT2D eigenvalue weighted by molar-refractivity contribution is 6.30. The third kappa shape index (κ3) is 5.02. The average molecular weight is 299 g/mol. The molecule has 0 aliphatic rings. The lowest BCUT2D eigenvalue weighted by Crippen LogP contribution is -2.47. The molecule has 0 aliphatic heterocycles. The lowest BCUT2D eigenvalue weighted by Gasteiger charge is -2.28. The molecule has 20 heavy (non-hydrogen) atoms. The van der Waals surface area contributed by atoms with E-state index in [2.05, 4.69) is 10.6 Å². The Morgan fingerprint density at radius 2 is 1.85 bits per heavy atom. The van der Waals surface area contributed by atoms with E-state index in [9.17, 15) is 9.90 Å². The molecule has 3 N–H and O–H groups in total. The molecule has 1 aromatic rings. The van der Waals surface area contributed by atoms with Crippen molar-refractivity contribution >= 4 is 17.6 Å². The monoisotopic (exact) mass is 298 g/mol. The van der Waals surface area contributed by atoms with E-state index in [1.807, 2.05) is 32.9 Å². The van der Waals surface area contributed by atoms with Crippen molar-refractivity contribution in [3.63, 3.8) is 0 Å². The van der Waals surface area contributed by atoms with Crippen molar-refractivity contribution in [1.29, 1.82) is 0 Å². The van der Waals surface area contributed by atoms with Gasteiger partial charge in [0.2, 0.25) is 0 Å². The van der Waals surface area contributed by atoms with Crippen molar-refractivity contribution in [3.05, 3.63) is 34.9 Å². The van der Waals surface area contributed by atoms with E-state index in [0.29, 0.717) is 5.02 Å². The normalized spacial score (nSPS) is 15.6. The van der Waals surface area contributed by atoms with Crippen molar-refractivity contribution in [2.45, 2.75) is 39.3 Å². The SMILES string of the molecule is CC(NC(=O)NCC(C)(O)C(C)C)c1ccc(Cl)cc1. The lowest BCUT2D eigenvalue weighted by molar-refractivity contribution is 0.0165. The Morgan fingerprint density at radius 3 is 2.35 bits per heavy atom. The highest BCUT2D eigenvalue weighted by Gasteiger charge is 2.25. The van der Waals surface area contributed by atoms with Crippen molar-refractivity contribution < 1.29 is 9.90 Å². The summed E-state index contributed by atoms with van der Waals surface area (Å²) in [6.45, 7) is 7.64. The Labute approximate surface area is 125 Å². The highest BCUT2D eigenvalue weighted by Crippen LogP contribution is 2.16. The maximum atomic E-state index is 11.8. The van der Waals surface area contributed by atoms with Gasteiger partial charge in [0, 0.05) is 11.6 Å². The molecule has 0 radical (unpaired) electrons. The first kappa shape index (κ1) is 16.8. The highest BCUT2D eigenvalue weighted by atomic mass is 35.5. The van der Waals surface area contributed by atoms with Crippen LogP contribution >= 0.6 is 11.6 Å². The van der Waals surface area contributed by atoms with Gasteiger partial charge in [-0.1, -0.05) is 37.6 Å². The van der Waals surface area contributed by atoms with Gasteiger partial charge >= 0.3 is 6.03 Å². The number of benzene rings is 1. The minimum absolute atomic E-state index is 0.0662. The van der Waals surface area contributed by atoms with Crippen molar-refractivity contribution in [1.82, 2.24) is 10.6 Å². The van der Waals surface area contributed by atoms with E-state index in [1.54, 1.807) is 19.1 Å². The fraction of sp³-hybridized carbons (Fsp3) is 0.533. The zero-order valence-corrected chi connectivity index (χ0v) is 13.2. The molecule has 1 rings (SSSR count). The molecule has 0 heterocycles. The minimum Gasteiger partial charge on any atom is -0.388 e. The summed E-state index contributed by atoms with van der Waals surface area (Å²) >= 11 is 5.82. The van der Waals surface area contributed by atoms with Gasteiger partial charge in [0.05, 0.1) is 11.6 Å². The molecule has 0 aromatic heterocycles. The van der Waals surface area contributed by atoms with E-state index >= 15 is 0 Å². The number of rotatable bonds is 5. The Kier molecular flexibility index (Phi) is 5.84. The van der Waals surface area contributed by atoms with Crippen LogP contribution in [-0.2, 0) is 0 Å². The first-order chi connectivity index (χ1) is 9.22. The van der Waals surface area contributed by atoms with Gasteiger partial charge < -0.3 is 15.7 Å². The zero-order chi connectivity index (χ0) is 15.3. The number of urea groups is 1. The minimum atomic E-state index is -0.916. The first-order valence-electron chi connectivity index (χ1n) is 6.74. The fourth-order valence-electron chi connectivity index (χ4n) is 1.55. The second-order valence-electron chi connectivity index (χ2n) is 5.61. The average Bonchev–Trinajstić information content (AvgIpc) is 2.37. The van der Waals surface area contributed by atoms with Crippen LogP contribution in [0, 0.1) is 5.92 Å². The van der Waals surface area contributed by atoms with Gasteiger partial charge in [-0.3, -0.25) is 0 Å². The lowest BCUT2D eigenvalue weighted by atomic mass is 9.93. The summed E-state index contributed by atoms with van der Waals surface area (Å²) in [5.74, 6) is 0.0662. The molecular formula is C15H23ClN2O2. The molecule has 1 aromatic carbocycles. The third-order valence-electron chi connectivity index (χ3n) is 3.57. The quantitative estimate of drug-likeness (QED) is 0.782. The van der Waals surface area contributed by atoms with Crippen LogP contribution in [-0.4, -0.2) is 23.3 Å². The van der Waals surface area contributed by atoms with Crippen molar-refractivity contribution in [3.8, 4) is 0 Å². The van der Waals surface area contributed by atoms with Crippen LogP contribution in [0.15, 0.2) is 24.3 Å². The van der Waals surface area contributed by atoms with Crippen LogP contribution in [0.4, 0.5) is 4.79 Å². The number of carbonyl (C=O) groups is 1. The molecule has 112 valence electrons. The first-order valence-corrected chi connectivity index (χ1v) is 7.12. The van der Waals surface area contributed by atoms with E-state index in [4.69, 9.17) is 11.6 Å². The van der Waals surface area contributed by atoms with Gasteiger partial charge in [0.1, 0.15) is 0 Å². The largest absolute Gasteiger partial charge is 0.388 e. The molecule has 0 saturated heterocycles. The molecule has 5 heteroatoms. The Hall–Kier alpha value is -1.26. The zero-order valence-electron chi connectivity index (χ0n) is 12.4. The number of amides is 2. The van der Waals surface area contributed by atoms with Crippen LogP contribution < -0.4 is 10.6 Å². The maximum Gasteiger partial charge on any atom is 0.315 e. The molecule has 0 saturated carbocycles. The van der Waals surface area contributed by atoms with Crippen LogP contribution in [0.1, 0.15) is 39.3 Å². The van der Waals surface area contributed by atoms with Gasteiger partial charge in [0.25, 0.3) is 0 Å². The van der Waals surface area contributed by atoms with Crippen molar-refractivity contribution in [2.75, 3.05) is 6.54 Å². The summed E-state index contributed by atoms with van der Waals surface area (Å²) < 4.78 is 0. The van der Waals surface area contributed by atoms with Gasteiger partial charge in [-0.15, -0.1) is 0 Å². The summed E-state index contributed by atoms with van der Waals surface area (Å²) in [4.78, 5) is 11.8. The van der Waals surface area contributed by atoms with E-state index < -0.39 is 5.60 Å². The molecular weight excluding hydrogens is 276 g/mol. The standard InChI is InChI=1S/C15H23ClN2O2/c1-10(2)15(4,20)9-17-14(19)18-11(3)12-5-7-13(16)8-6-12/h5-8,10-11,20H,9H2,1-4H3,(H2,17,18,19). The molecule has 2 unspecified atom stereocenters. The van der Waals surface area contributed by atoms with Gasteiger partial charge in [-0.2, -0.15) is 0 Å². The molecule has 2 atom stereocenters. The Bertz CT molecular complexity index is 444. The molecule has 4 nitrogen and oxygen atoms in total. The summed E-state index contributed by atoms with van der Waals surface area (Å²) in [7, 11) is 0. The van der Waals surface area contributed by atoms with E-state index in [1.165, 1.54) is 0 Å². The Balaban J connectivity index is 2.48. The van der Waals surface area contributed by atoms with Crippen LogP contribution in [0.3, 0.4) is 0 Å². The van der Waals surface area contributed by atoms with Gasteiger partial charge in [-0.05, 0) is 37.5 Å². The predicted octanol–water partition coefficient (Wildman–Crippen LogP) is 3.11. The molecule has 0 aliphatic carbocycles.